The summed E-state index contributed by atoms with van der Waals surface area (Å²) >= 11 is 1.73. The molecular weight excluding hydrogens is 372 g/mol. The van der Waals surface area contributed by atoms with E-state index in [1.165, 1.54) is 20.9 Å². The van der Waals surface area contributed by atoms with E-state index < -0.39 is 0 Å². The fraction of sp³-hybridized carbons (Fsp3) is 0.364. The number of ether oxygens (including phenoxy) is 1. The lowest BCUT2D eigenvalue weighted by Gasteiger charge is -2.13. The molecule has 5 nitrogen and oxygen atoms in total. The van der Waals surface area contributed by atoms with Gasteiger partial charge >= 0.3 is 0 Å². The number of fused-ring (bicyclic) bond motifs is 1. The minimum atomic E-state index is -0.121. The Morgan fingerprint density at radius 2 is 1.82 bits per heavy atom. The molecule has 0 saturated carbocycles. The molecule has 0 spiro atoms. The molecule has 3 rings (SSSR count). The van der Waals surface area contributed by atoms with Gasteiger partial charge in [0.05, 0.1) is 6.54 Å². The Labute approximate surface area is 170 Å². The van der Waals surface area contributed by atoms with Crippen LogP contribution in [0.4, 0.5) is 0 Å². The quantitative estimate of drug-likeness (QED) is 0.727. The number of rotatable bonds is 7. The highest BCUT2D eigenvalue weighted by atomic mass is 32.2. The van der Waals surface area contributed by atoms with Crippen LogP contribution in [0.15, 0.2) is 47.4 Å². The number of nitrogens with zero attached hydrogens (tertiary/aromatic N) is 1. The van der Waals surface area contributed by atoms with Crippen molar-refractivity contribution in [3.8, 4) is 16.9 Å². The Balaban J connectivity index is 1.53. The van der Waals surface area contributed by atoms with Crippen molar-refractivity contribution in [3.05, 3.63) is 48.0 Å². The van der Waals surface area contributed by atoms with Gasteiger partial charge in [0.1, 0.15) is 11.9 Å². The van der Waals surface area contributed by atoms with Crippen molar-refractivity contribution >= 4 is 23.6 Å². The first-order valence-corrected chi connectivity index (χ1v) is 10.6. The van der Waals surface area contributed by atoms with Gasteiger partial charge in [0, 0.05) is 38.3 Å². The lowest BCUT2D eigenvalue weighted by Crippen LogP contribution is -2.35. The molecule has 0 aliphatic carbocycles. The summed E-state index contributed by atoms with van der Waals surface area (Å²) in [5, 5.41) is 2.88. The molecule has 6 heteroatoms. The highest BCUT2D eigenvalue weighted by Crippen LogP contribution is 2.33. The van der Waals surface area contributed by atoms with Crippen LogP contribution in [0.25, 0.3) is 11.1 Å². The maximum atomic E-state index is 12.0. The van der Waals surface area contributed by atoms with Crippen LogP contribution in [0.1, 0.15) is 18.4 Å². The van der Waals surface area contributed by atoms with E-state index in [1.807, 2.05) is 6.07 Å². The Morgan fingerprint density at radius 3 is 2.50 bits per heavy atom. The Bertz CT molecular complexity index is 849. The third-order valence-electron chi connectivity index (χ3n) is 4.82. The molecule has 1 atom stereocenters. The molecule has 0 radical (unpaired) electrons. The molecule has 1 aliphatic heterocycles. The smallest absolute Gasteiger partial charge is 0.222 e. The first-order valence-electron chi connectivity index (χ1n) is 9.37. The molecule has 0 aromatic heterocycles. The van der Waals surface area contributed by atoms with Gasteiger partial charge in [0.2, 0.25) is 11.8 Å². The maximum absolute atomic E-state index is 12.0. The van der Waals surface area contributed by atoms with Gasteiger partial charge in [-0.1, -0.05) is 18.2 Å². The van der Waals surface area contributed by atoms with E-state index in [-0.39, 0.29) is 30.8 Å². The summed E-state index contributed by atoms with van der Waals surface area (Å²) < 4.78 is 5.96. The molecule has 1 aliphatic rings. The summed E-state index contributed by atoms with van der Waals surface area (Å²) in [6.45, 7) is 0.446. The van der Waals surface area contributed by atoms with Gasteiger partial charge in [-0.15, -0.1) is 11.8 Å². The number of nitrogens with one attached hydrogen (secondary N) is 1. The van der Waals surface area contributed by atoms with Gasteiger partial charge in [-0.25, -0.2) is 0 Å². The molecule has 1 heterocycles. The molecular formula is C22H26N2O3S. The zero-order chi connectivity index (χ0) is 20.1. The number of benzene rings is 2. The highest BCUT2D eigenvalue weighted by Gasteiger charge is 2.23. The van der Waals surface area contributed by atoms with Crippen LogP contribution in [0.2, 0.25) is 0 Å². The van der Waals surface area contributed by atoms with Crippen molar-refractivity contribution < 1.29 is 14.3 Å². The maximum Gasteiger partial charge on any atom is 0.222 e. The van der Waals surface area contributed by atoms with Crippen LogP contribution in [0, 0.1) is 0 Å². The second kappa shape index (κ2) is 9.15. The van der Waals surface area contributed by atoms with Gasteiger partial charge < -0.3 is 15.0 Å². The summed E-state index contributed by atoms with van der Waals surface area (Å²) in [4.78, 5) is 26.3. The molecule has 0 fully saturated rings. The third-order valence-corrected chi connectivity index (χ3v) is 5.56. The number of carbonyl (C=O) groups is 2. The van der Waals surface area contributed by atoms with Crippen molar-refractivity contribution in [3.63, 3.8) is 0 Å². The minimum Gasteiger partial charge on any atom is -0.488 e. The molecule has 28 heavy (non-hydrogen) atoms. The van der Waals surface area contributed by atoms with E-state index >= 15 is 0 Å². The lowest BCUT2D eigenvalue weighted by atomic mass is 10.0. The number of hydrogen-bond acceptors (Lipinski definition) is 4. The van der Waals surface area contributed by atoms with Gasteiger partial charge in [-0.05, 0) is 47.2 Å². The SMILES string of the molecule is CSc1ccc(-c2ccc3c(c2)C[C@@H](CNC(=O)CCC(=O)N(C)C)O3)cc1. The summed E-state index contributed by atoms with van der Waals surface area (Å²) in [7, 11) is 3.38. The summed E-state index contributed by atoms with van der Waals surface area (Å²) in [5.74, 6) is 0.716. The lowest BCUT2D eigenvalue weighted by molar-refractivity contribution is -0.131. The van der Waals surface area contributed by atoms with Crippen LogP contribution in [-0.2, 0) is 16.0 Å². The zero-order valence-corrected chi connectivity index (χ0v) is 17.3. The fourth-order valence-electron chi connectivity index (χ4n) is 3.16. The van der Waals surface area contributed by atoms with E-state index in [0.717, 1.165) is 17.7 Å². The van der Waals surface area contributed by atoms with E-state index in [1.54, 1.807) is 25.9 Å². The fourth-order valence-corrected chi connectivity index (χ4v) is 3.57. The van der Waals surface area contributed by atoms with E-state index in [0.29, 0.717) is 6.54 Å². The van der Waals surface area contributed by atoms with Crippen molar-refractivity contribution in [2.24, 2.45) is 0 Å². The molecule has 2 aromatic rings. The second-order valence-electron chi connectivity index (χ2n) is 7.09. The second-order valence-corrected chi connectivity index (χ2v) is 7.97. The number of hydrogen-bond donors (Lipinski definition) is 1. The molecule has 0 unspecified atom stereocenters. The molecule has 148 valence electrons. The van der Waals surface area contributed by atoms with Gasteiger partial charge in [-0.2, -0.15) is 0 Å². The average molecular weight is 399 g/mol. The summed E-state index contributed by atoms with van der Waals surface area (Å²) in [6.07, 6.45) is 3.19. The average Bonchev–Trinajstić information content (AvgIpc) is 3.12. The standard InChI is InChI=1S/C22H26N2O3S/c1-24(2)22(26)11-10-21(25)23-14-18-13-17-12-16(6-9-20(17)27-18)15-4-7-19(28-3)8-5-15/h4-9,12,18H,10-11,13-14H2,1-3H3,(H,23,25)/t18-/m0/s1. The van der Waals surface area contributed by atoms with E-state index in [4.69, 9.17) is 4.74 Å². The third kappa shape index (κ3) is 5.07. The van der Waals surface area contributed by atoms with Crippen LogP contribution in [0.5, 0.6) is 5.75 Å². The first kappa shape index (κ1) is 20.3. The van der Waals surface area contributed by atoms with E-state index in [2.05, 4.69) is 48.0 Å². The van der Waals surface area contributed by atoms with Crippen LogP contribution < -0.4 is 10.1 Å². The monoisotopic (exact) mass is 398 g/mol. The topological polar surface area (TPSA) is 58.6 Å². The number of thioether (sulfide) groups is 1. The van der Waals surface area contributed by atoms with Crippen molar-refractivity contribution in [1.82, 2.24) is 10.2 Å². The minimum absolute atomic E-state index is 0.0437. The van der Waals surface area contributed by atoms with Crippen LogP contribution in [-0.4, -0.2) is 49.7 Å². The zero-order valence-electron chi connectivity index (χ0n) is 16.5. The Kier molecular flexibility index (Phi) is 6.62. The highest BCUT2D eigenvalue weighted by molar-refractivity contribution is 7.98. The van der Waals surface area contributed by atoms with Crippen molar-refractivity contribution in [2.45, 2.75) is 30.3 Å². The largest absolute Gasteiger partial charge is 0.488 e. The Hall–Kier alpha value is -2.47. The molecule has 2 aromatic carbocycles. The van der Waals surface area contributed by atoms with Crippen LogP contribution >= 0.6 is 11.8 Å². The molecule has 2 amide bonds. The van der Waals surface area contributed by atoms with Crippen molar-refractivity contribution in [2.75, 3.05) is 26.9 Å². The molecule has 1 N–H and O–H groups in total. The van der Waals surface area contributed by atoms with Gasteiger partial charge in [-0.3, -0.25) is 9.59 Å². The van der Waals surface area contributed by atoms with Crippen LogP contribution in [0.3, 0.4) is 0 Å². The summed E-state index contributed by atoms with van der Waals surface area (Å²) in [5.41, 5.74) is 3.51. The predicted molar refractivity (Wildman–Crippen MR) is 113 cm³/mol. The van der Waals surface area contributed by atoms with Gasteiger partial charge in [0.15, 0.2) is 0 Å². The molecule has 0 saturated heterocycles. The normalized spacial score (nSPS) is 14.9. The van der Waals surface area contributed by atoms with E-state index in [9.17, 15) is 9.59 Å². The van der Waals surface area contributed by atoms with Gasteiger partial charge in [0.25, 0.3) is 0 Å². The van der Waals surface area contributed by atoms with Crippen molar-refractivity contribution in [1.29, 1.82) is 0 Å². The Morgan fingerprint density at radius 1 is 1.11 bits per heavy atom. The first-order chi connectivity index (χ1) is 13.5. The predicted octanol–water partition coefficient (Wildman–Crippen LogP) is 3.36. The summed E-state index contributed by atoms with van der Waals surface area (Å²) in [6, 6.07) is 14.8. The number of amides is 2. The molecule has 0 bridgehead atoms. The number of carbonyl (C=O) groups excluding carboxylic acids is 2.